The number of likely N-dealkylation sites (N-methyl/N-ethyl adjacent to an activating group) is 1. The first kappa shape index (κ1) is 20.6. The van der Waals surface area contributed by atoms with Crippen LogP contribution < -0.4 is 5.32 Å². The summed E-state index contributed by atoms with van der Waals surface area (Å²) in [6.45, 7) is 1.81. The van der Waals surface area contributed by atoms with E-state index in [1.54, 1.807) is 13.0 Å². The summed E-state index contributed by atoms with van der Waals surface area (Å²) in [6, 6.07) is 5.42. The Hall–Kier alpha value is -2.75. The van der Waals surface area contributed by atoms with E-state index in [-0.39, 0.29) is 30.3 Å². The van der Waals surface area contributed by atoms with Gasteiger partial charge in [-0.25, -0.2) is 8.42 Å². The molecule has 1 atom stereocenters. The number of nitro groups is 1. The van der Waals surface area contributed by atoms with Crippen LogP contribution in [0.25, 0.3) is 6.08 Å². The minimum atomic E-state index is -3.09. The maximum absolute atomic E-state index is 12.3. The van der Waals surface area contributed by atoms with Crippen LogP contribution in [0.5, 0.6) is 0 Å². The SMILES string of the molecule is CCN(CC(=O)N[C@@H]1CCS(=O)(=O)C1)C(=O)/C=C/c1cccc([N+](=O)[O-])c1. The zero-order valence-electron chi connectivity index (χ0n) is 14.8. The topological polar surface area (TPSA) is 127 Å². The summed E-state index contributed by atoms with van der Waals surface area (Å²) in [5, 5.41) is 13.4. The molecule has 0 aromatic heterocycles. The molecule has 0 saturated carbocycles. The number of nitrogens with zero attached hydrogens (tertiary/aromatic N) is 2. The number of carbonyl (C=O) groups is 2. The van der Waals surface area contributed by atoms with E-state index in [9.17, 15) is 28.1 Å². The fourth-order valence-electron chi connectivity index (χ4n) is 2.72. The molecule has 2 rings (SSSR count). The Balaban J connectivity index is 1.94. The van der Waals surface area contributed by atoms with Crippen LogP contribution in [0.2, 0.25) is 0 Å². The lowest BCUT2D eigenvalue weighted by Crippen LogP contribution is -2.44. The number of hydrogen-bond acceptors (Lipinski definition) is 6. The van der Waals surface area contributed by atoms with Crippen LogP contribution in [0.15, 0.2) is 30.3 Å². The van der Waals surface area contributed by atoms with Gasteiger partial charge in [0.1, 0.15) is 0 Å². The second-order valence-electron chi connectivity index (χ2n) is 6.21. The molecule has 27 heavy (non-hydrogen) atoms. The first-order valence-corrected chi connectivity index (χ1v) is 10.2. The van der Waals surface area contributed by atoms with Crippen molar-refractivity contribution >= 4 is 33.4 Å². The molecule has 0 unspecified atom stereocenters. The zero-order valence-corrected chi connectivity index (χ0v) is 15.6. The van der Waals surface area contributed by atoms with Gasteiger partial charge in [-0.1, -0.05) is 12.1 Å². The number of non-ortho nitro benzene ring substituents is 1. The second-order valence-corrected chi connectivity index (χ2v) is 8.43. The monoisotopic (exact) mass is 395 g/mol. The van der Waals surface area contributed by atoms with Crippen LogP contribution >= 0.6 is 0 Å². The minimum Gasteiger partial charge on any atom is -0.351 e. The summed E-state index contributed by atoms with van der Waals surface area (Å²) >= 11 is 0. The van der Waals surface area contributed by atoms with Gasteiger partial charge in [0.05, 0.1) is 23.0 Å². The van der Waals surface area contributed by atoms with E-state index < -0.39 is 32.6 Å². The molecular weight excluding hydrogens is 374 g/mol. The number of rotatable bonds is 7. The highest BCUT2D eigenvalue weighted by Gasteiger charge is 2.29. The van der Waals surface area contributed by atoms with E-state index in [2.05, 4.69) is 5.32 Å². The van der Waals surface area contributed by atoms with Gasteiger partial charge in [0.25, 0.3) is 5.69 Å². The van der Waals surface area contributed by atoms with Crippen molar-refractivity contribution in [3.05, 3.63) is 46.0 Å². The predicted molar refractivity (Wildman–Crippen MR) is 99.6 cm³/mol. The Morgan fingerprint density at radius 2 is 2.15 bits per heavy atom. The van der Waals surface area contributed by atoms with Crippen molar-refractivity contribution in [3.63, 3.8) is 0 Å². The van der Waals surface area contributed by atoms with Crippen molar-refractivity contribution in [1.82, 2.24) is 10.2 Å². The number of nitrogens with one attached hydrogen (secondary N) is 1. The highest BCUT2D eigenvalue weighted by molar-refractivity contribution is 7.91. The number of nitro benzene ring substituents is 1. The quantitative estimate of drug-likeness (QED) is 0.413. The van der Waals surface area contributed by atoms with Gasteiger partial charge in [-0.05, 0) is 25.0 Å². The van der Waals surface area contributed by atoms with Crippen LogP contribution in [0.3, 0.4) is 0 Å². The molecule has 2 amide bonds. The smallest absolute Gasteiger partial charge is 0.270 e. The van der Waals surface area contributed by atoms with Crippen molar-refractivity contribution in [1.29, 1.82) is 0 Å². The summed E-state index contributed by atoms with van der Waals surface area (Å²) < 4.78 is 22.9. The number of carbonyl (C=O) groups excluding carboxylic acids is 2. The third-order valence-electron chi connectivity index (χ3n) is 4.12. The number of hydrogen-bond donors (Lipinski definition) is 1. The lowest BCUT2D eigenvalue weighted by molar-refractivity contribution is -0.384. The summed E-state index contributed by atoms with van der Waals surface area (Å²) in [5.41, 5.74) is 0.414. The summed E-state index contributed by atoms with van der Waals surface area (Å²) in [4.78, 5) is 35.9. The fourth-order valence-corrected chi connectivity index (χ4v) is 4.39. The molecule has 10 heteroatoms. The minimum absolute atomic E-state index is 0.0559. The maximum Gasteiger partial charge on any atom is 0.270 e. The van der Waals surface area contributed by atoms with E-state index in [1.165, 1.54) is 35.3 Å². The van der Waals surface area contributed by atoms with Gasteiger partial charge in [-0.3, -0.25) is 19.7 Å². The lowest BCUT2D eigenvalue weighted by Gasteiger charge is -2.20. The molecule has 1 aliphatic heterocycles. The fraction of sp³-hybridized carbons (Fsp3) is 0.412. The van der Waals surface area contributed by atoms with Gasteiger partial charge < -0.3 is 10.2 Å². The second kappa shape index (κ2) is 8.76. The maximum atomic E-state index is 12.3. The Morgan fingerprint density at radius 3 is 2.74 bits per heavy atom. The third-order valence-corrected chi connectivity index (χ3v) is 5.89. The van der Waals surface area contributed by atoms with Crippen molar-refractivity contribution in [3.8, 4) is 0 Å². The normalized spacial score (nSPS) is 18.3. The molecule has 0 bridgehead atoms. The van der Waals surface area contributed by atoms with E-state index >= 15 is 0 Å². The van der Waals surface area contributed by atoms with Gasteiger partial charge in [0.15, 0.2) is 9.84 Å². The van der Waals surface area contributed by atoms with Crippen LogP contribution in [0.1, 0.15) is 18.9 Å². The van der Waals surface area contributed by atoms with E-state index in [1.807, 2.05) is 0 Å². The Kier molecular flexibility index (Phi) is 6.67. The standard InChI is InChI=1S/C17H21N3O6S/c1-2-19(11-16(21)18-14-8-9-27(25,26)12-14)17(22)7-6-13-4-3-5-15(10-13)20(23)24/h3-7,10,14H,2,8-9,11-12H2,1H3,(H,18,21)/b7-6+/t14-/m1/s1. The van der Waals surface area contributed by atoms with Gasteiger partial charge in [0.2, 0.25) is 11.8 Å². The summed E-state index contributed by atoms with van der Waals surface area (Å²) in [5.74, 6) is -0.861. The van der Waals surface area contributed by atoms with E-state index in [4.69, 9.17) is 0 Å². The largest absolute Gasteiger partial charge is 0.351 e. The highest BCUT2D eigenvalue weighted by Crippen LogP contribution is 2.14. The van der Waals surface area contributed by atoms with Crippen molar-refractivity contribution in [2.45, 2.75) is 19.4 Å². The molecule has 1 heterocycles. The molecular formula is C17H21N3O6S. The van der Waals surface area contributed by atoms with Crippen LogP contribution in [-0.4, -0.2) is 60.7 Å². The van der Waals surface area contributed by atoms with E-state index in [0.29, 0.717) is 12.0 Å². The Bertz CT molecular complexity index is 865. The van der Waals surface area contributed by atoms with E-state index in [0.717, 1.165) is 0 Å². The van der Waals surface area contributed by atoms with Gasteiger partial charge in [-0.2, -0.15) is 0 Å². The highest BCUT2D eigenvalue weighted by atomic mass is 32.2. The summed E-state index contributed by atoms with van der Waals surface area (Å²) in [7, 11) is -3.09. The Labute approximate surface area is 157 Å². The average Bonchev–Trinajstić information content (AvgIpc) is 2.96. The molecule has 0 spiro atoms. The first-order chi connectivity index (χ1) is 12.7. The molecule has 0 aliphatic carbocycles. The molecule has 1 saturated heterocycles. The molecule has 9 nitrogen and oxygen atoms in total. The van der Waals surface area contributed by atoms with Gasteiger partial charge in [0, 0.05) is 30.8 Å². The molecule has 1 fully saturated rings. The van der Waals surface area contributed by atoms with Gasteiger partial charge >= 0.3 is 0 Å². The lowest BCUT2D eigenvalue weighted by atomic mass is 10.2. The molecule has 1 aliphatic rings. The third kappa shape index (κ3) is 6.17. The van der Waals surface area contributed by atoms with Crippen LogP contribution in [-0.2, 0) is 19.4 Å². The van der Waals surface area contributed by atoms with Gasteiger partial charge in [-0.15, -0.1) is 0 Å². The number of sulfone groups is 1. The van der Waals surface area contributed by atoms with Crippen LogP contribution in [0, 0.1) is 10.1 Å². The molecule has 0 radical (unpaired) electrons. The molecule has 146 valence electrons. The average molecular weight is 395 g/mol. The predicted octanol–water partition coefficient (Wildman–Crippen LogP) is 0.760. The molecule has 1 aromatic carbocycles. The molecule has 1 N–H and O–H groups in total. The summed E-state index contributed by atoms with van der Waals surface area (Å²) in [6.07, 6.45) is 3.07. The Morgan fingerprint density at radius 1 is 1.41 bits per heavy atom. The molecule has 1 aromatic rings. The number of amides is 2. The first-order valence-electron chi connectivity index (χ1n) is 8.41. The van der Waals surface area contributed by atoms with Crippen LogP contribution in [0.4, 0.5) is 5.69 Å². The number of benzene rings is 1. The van der Waals surface area contributed by atoms with Crippen molar-refractivity contribution in [2.24, 2.45) is 0 Å². The van der Waals surface area contributed by atoms with Crippen molar-refractivity contribution in [2.75, 3.05) is 24.6 Å². The van der Waals surface area contributed by atoms with Crippen molar-refractivity contribution < 1.29 is 22.9 Å². The zero-order chi connectivity index (χ0) is 20.0.